The molecule has 1 atom stereocenters. The van der Waals surface area contributed by atoms with Gasteiger partial charge in [-0.2, -0.15) is 0 Å². The lowest BCUT2D eigenvalue weighted by Crippen LogP contribution is -2.30. The number of non-ortho nitro benzene ring substituents is 1. The first-order chi connectivity index (χ1) is 11.8. The van der Waals surface area contributed by atoms with Crippen molar-refractivity contribution in [1.29, 1.82) is 0 Å². The van der Waals surface area contributed by atoms with E-state index in [1.807, 2.05) is 32.0 Å². The van der Waals surface area contributed by atoms with E-state index in [1.54, 1.807) is 6.92 Å². The number of methoxy groups -OCH3 is 1. The molecule has 1 N–H and O–H groups in total. The lowest BCUT2D eigenvalue weighted by molar-refractivity contribution is -0.384. The zero-order chi connectivity index (χ0) is 18.6. The summed E-state index contributed by atoms with van der Waals surface area (Å²) < 4.78 is 10.8. The molecule has 0 aliphatic rings. The van der Waals surface area contributed by atoms with Gasteiger partial charge in [0.05, 0.1) is 17.7 Å². The first-order valence-corrected chi connectivity index (χ1v) is 7.68. The van der Waals surface area contributed by atoms with E-state index in [2.05, 4.69) is 5.32 Å². The van der Waals surface area contributed by atoms with Crippen molar-refractivity contribution >= 4 is 17.3 Å². The number of nitrogens with one attached hydrogen (secondary N) is 1. The number of nitro benzene ring substituents is 1. The van der Waals surface area contributed by atoms with Crippen LogP contribution in [0.5, 0.6) is 11.5 Å². The van der Waals surface area contributed by atoms with Crippen molar-refractivity contribution in [2.75, 3.05) is 12.4 Å². The Morgan fingerprint density at radius 3 is 2.36 bits per heavy atom. The second-order valence-electron chi connectivity index (χ2n) is 5.71. The Bertz CT molecular complexity index is 784. The zero-order valence-electron chi connectivity index (χ0n) is 14.5. The highest BCUT2D eigenvalue weighted by Gasteiger charge is 2.19. The lowest BCUT2D eigenvalue weighted by Gasteiger charge is -2.16. The van der Waals surface area contributed by atoms with Crippen molar-refractivity contribution < 1.29 is 19.2 Å². The molecule has 0 saturated carbocycles. The molecule has 2 aromatic carbocycles. The fraction of sp³-hybridized carbons (Fsp3) is 0.278. The molecule has 1 amide bonds. The maximum absolute atomic E-state index is 12.4. The van der Waals surface area contributed by atoms with Crippen molar-refractivity contribution in [3.05, 3.63) is 57.6 Å². The topological polar surface area (TPSA) is 90.7 Å². The van der Waals surface area contributed by atoms with Crippen molar-refractivity contribution in [3.8, 4) is 11.5 Å². The van der Waals surface area contributed by atoms with Crippen LogP contribution >= 0.6 is 0 Å². The van der Waals surface area contributed by atoms with E-state index < -0.39 is 16.9 Å². The van der Waals surface area contributed by atoms with Crippen molar-refractivity contribution in [1.82, 2.24) is 0 Å². The predicted octanol–water partition coefficient (Wildman–Crippen LogP) is 3.63. The minimum absolute atomic E-state index is 0.140. The van der Waals surface area contributed by atoms with Gasteiger partial charge >= 0.3 is 0 Å². The van der Waals surface area contributed by atoms with Gasteiger partial charge in [-0.25, -0.2) is 0 Å². The van der Waals surface area contributed by atoms with Crippen LogP contribution in [0.25, 0.3) is 0 Å². The molecule has 0 unspecified atom stereocenters. The van der Waals surface area contributed by atoms with Gasteiger partial charge in [-0.3, -0.25) is 14.9 Å². The molecule has 0 heterocycles. The van der Waals surface area contributed by atoms with E-state index in [4.69, 9.17) is 9.47 Å². The summed E-state index contributed by atoms with van der Waals surface area (Å²) in [5.41, 5.74) is 2.14. The van der Waals surface area contributed by atoms with E-state index in [1.165, 1.54) is 25.3 Å². The summed E-state index contributed by atoms with van der Waals surface area (Å²) >= 11 is 0. The van der Waals surface area contributed by atoms with E-state index in [0.29, 0.717) is 11.5 Å². The summed E-state index contributed by atoms with van der Waals surface area (Å²) in [7, 11) is 1.42. The van der Waals surface area contributed by atoms with E-state index in [0.717, 1.165) is 11.1 Å². The maximum Gasteiger partial charge on any atom is 0.271 e. The maximum atomic E-state index is 12.4. The molecule has 132 valence electrons. The van der Waals surface area contributed by atoms with Crippen LogP contribution in [-0.2, 0) is 4.79 Å². The van der Waals surface area contributed by atoms with Gasteiger partial charge in [0.2, 0.25) is 0 Å². The number of anilines is 1. The molecule has 0 aliphatic carbocycles. The number of rotatable bonds is 6. The summed E-state index contributed by atoms with van der Waals surface area (Å²) in [6.07, 6.45) is -0.787. The quantitative estimate of drug-likeness (QED) is 0.638. The van der Waals surface area contributed by atoms with Crippen LogP contribution < -0.4 is 14.8 Å². The van der Waals surface area contributed by atoms with Crippen LogP contribution in [0, 0.1) is 24.0 Å². The average Bonchev–Trinajstić information content (AvgIpc) is 2.53. The Morgan fingerprint density at radius 2 is 1.80 bits per heavy atom. The molecular weight excluding hydrogens is 324 g/mol. The van der Waals surface area contributed by atoms with Gasteiger partial charge in [0.1, 0.15) is 11.5 Å². The van der Waals surface area contributed by atoms with Crippen LogP contribution in [0.2, 0.25) is 0 Å². The molecule has 0 radical (unpaired) electrons. The predicted molar refractivity (Wildman–Crippen MR) is 94.3 cm³/mol. The highest BCUT2D eigenvalue weighted by molar-refractivity contribution is 5.95. The third-order valence-corrected chi connectivity index (χ3v) is 3.53. The largest absolute Gasteiger partial charge is 0.495 e. The Labute approximate surface area is 145 Å². The van der Waals surface area contributed by atoms with Crippen molar-refractivity contribution in [3.63, 3.8) is 0 Å². The lowest BCUT2D eigenvalue weighted by atomic mass is 10.1. The first-order valence-electron chi connectivity index (χ1n) is 7.68. The smallest absolute Gasteiger partial charge is 0.271 e. The molecule has 0 aromatic heterocycles. The zero-order valence-corrected chi connectivity index (χ0v) is 14.5. The number of nitro groups is 1. The molecule has 0 fully saturated rings. The number of aryl methyl sites for hydroxylation is 2. The summed E-state index contributed by atoms with van der Waals surface area (Å²) in [4.78, 5) is 22.7. The van der Waals surface area contributed by atoms with Gasteiger partial charge in [-0.15, -0.1) is 0 Å². The SMILES string of the molecule is COc1ccc([N+](=O)[O-])cc1NC(=O)[C@@H](C)Oc1cc(C)cc(C)c1. The number of carbonyl (C=O) groups is 1. The molecule has 7 heteroatoms. The number of ether oxygens (including phenoxy) is 2. The van der Waals surface area contributed by atoms with Crippen LogP contribution in [0.1, 0.15) is 18.1 Å². The summed E-state index contributed by atoms with van der Waals surface area (Å²) in [5.74, 6) is 0.488. The molecule has 7 nitrogen and oxygen atoms in total. The third-order valence-electron chi connectivity index (χ3n) is 3.53. The first kappa shape index (κ1) is 18.3. The van der Waals surface area contributed by atoms with Crippen LogP contribution in [0.15, 0.2) is 36.4 Å². The highest BCUT2D eigenvalue weighted by atomic mass is 16.6. The molecule has 0 aliphatic heterocycles. The summed E-state index contributed by atoms with van der Waals surface area (Å²) in [5, 5.41) is 13.5. The Hall–Kier alpha value is -3.09. The molecule has 2 rings (SSSR count). The minimum Gasteiger partial charge on any atom is -0.495 e. The van der Waals surface area contributed by atoms with Gasteiger partial charge in [0.25, 0.3) is 11.6 Å². The Kier molecular flexibility index (Phi) is 5.59. The third kappa shape index (κ3) is 4.69. The number of benzene rings is 2. The van der Waals surface area contributed by atoms with Gasteiger partial charge in [0, 0.05) is 12.1 Å². The number of hydrogen-bond acceptors (Lipinski definition) is 5. The molecule has 0 bridgehead atoms. The molecule has 0 saturated heterocycles. The van der Waals surface area contributed by atoms with Gasteiger partial charge in [-0.05, 0) is 50.1 Å². The molecule has 25 heavy (non-hydrogen) atoms. The molecular formula is C18H20N2O5. The fourth-order valence-electron chi connectivity index (χ4n) is 2.40. The summed E-state index contributed by atoms with van der Waals surface area (Å²) in [6.45, 7) is 5.49. The second kappa shape index (κ2) is 7.65. The Balaban J connectivity index is 2.15. The number of carbonyl (C=O) groups excluding carboxylic acids is 1. The molecule has 2 aromatic rings. The fourth-order valence-corrected chi connectivity index (χ4v) is 2.40. The number of hydrogen-bond donors (Lipinski definition) is 1. The highest BCUT2D eigenvalue weighted by Crippen LogP contribution is 2.29. The van der Waals surface area contributed by atoms with Gasteiger partial charge < -0.3 is 14.8 Å². The Morgan fingerprint density at radius 1 is 1.16 bits per heavy atom. The standard InChI is InChI=1S/C18H20N2O5/c1-11-7-12(2)9-15(8-11)25-13(3)18(21)19-16-10-14(20(22)23)5-6-17(16)24-4/h5-10,13H,1-4H3,(H,19,21)/t13-/m1/s1. The summed E-state index contributed by atoms with van der Waals surface area (Å²) in [6, 6.07) is 9.68. The number of nitrogens with zero attached hydrogens (tertiary/aromatic N) is 1. The van der Waals surface area contributed by atoms with Crippen LogP contribution in [0.4, 0.5) is 11.4 Å². The second-order valence-corrected chi connectivity index (χ2v) is 5.71. The van der Waals surface area contributed by atoms with Gasteiger partial charge in [-0.1, -0.05) is 6.07 Å². The normalized spacial score (nSPS) is 11.5. The van der Waals surface area contributed by atoms with E-state index in [9.17, 15) is 14.9 Å². The minimum atomic E-state index is -0.787. The van der Waals surface area contributed by atoms with E-state index in [-0.39, 0.29) is 11.4 Å². The van der Waals surface area contributed by atoms with Crippen molar-refractivity contribution in [2.24, 2.45) is 0 Å². The van der Waals surface area contributed by atoms with Crippen LogP contribution in [0.3, 0.4) is 0 Å². The molecule has 0 spiro atoms. The van der Waals surface area contributed by atoms with E-state index >= 15 is 0 Å². The van der Waals surface area contributed by atoms with Crippen LogP contribution in [-0.4, -0.2) is 24.0 Å². The average molecular weight is 344 g/mol. The van der Waals surface area contributed by atoms with Gasteiger partial charge in [0.15, 0.2) is 6.10 Å². The monoisotopic (exact) mass is 344 g/mol. The van der Waals surface area contributed by atoms with Crippen molar-refractivity contribution in [2.45, 2.75) is 26.9 Å². The number of amides is 1.